The standard InChI is InChI=1S/C22H18N4O3S/c27-18(24-22-23-11-13-30-22)10-5-12-25-19-14-6-1-2-7-15(14)21(29)26(19)17-9-4-3-8-16(17)20(25)28/h1-4,6-9,11,13,19H,5,10,12H2,(H,23,24,27)/t19-/m0/s1. The van der Waals surface area contributed by atoms with Gasteiger partial charge in [0, 0.05) is 35.7 Å². The van der Waals surface area contributed by atoms with Crippen LogP contribution in [0, 0.1) is 0 Å². The van der Waals surface area contributed by atoms with Crippen LogP contribution in [0.4, 0.5) is 10.8 Å². The van der Waals surface area contributed by atoms with E-state index in [9.17, 15) is 14.4 Å². The fourth-order valence-corrected chi connectivity index (χ4v) is 4.62. The molecular formula is C22H18N4O3S. The van der Waals surface area contributed by atoms with Gasteiger partial charge in [0.15, 0.2) is 5.13 Å². The molecule has 3 heterocycles. The Bertz CT molecular complexity index is 1140. The van der Waals surface area contributed by atoms with E-state index < -0.39 is 6.17 Å². The average Bonchev–Trinajstić information content (AvgIpc) is 3.37. The number of benzene rings is 2. The molecule has 0 unspecified atom stereocenters. The second-order valence-electron chi connectivity index (χ2n) is 7.14. The number of nitrogens with zero attached hydrogens (tertiary/aromatic N) is 3. The molecule has 3 aromatic rings. The molecule has 1 atom stereocenters. The molecule has 8 heteroatoms. The molecule has 0 bridgehead atoms. The van der Waals surface area contributed by atoms with Gasteiger partial charge >= 0.3 is 0 Å². The molecule has 1 aromatic heterocycles. The van der Waals surface area contributed by atoms with Crippen molar-refractivity contribution in [3.8, 4) is 0 Å². The molecule has 0 saturated heterocycles. The highest BCUT2D eigenvalue weighted by Crippen LogP contribution is 2.45. The van der Waals surface area contributed by atoms with Crippen LogP contribution in [0.5, 0.6) is 0 Å². The minimum atomic E-state index is -0.488. The van der Waals surface area contributed by atoms with E-state index in [1.165, 1.54) is 11.3 Å². The van der Waals surface area contributed by atoms with Crippen molar-refractivity contribution in [3.05, 3.63) is 76.8 Å². The van der Waals surface area contributed by atoms with Gasteiger partial charge in [-0.15, -0.1) is 11.3 Å². The molecule has 2 aromatic carbocycles. The minimum Gasteiger partial charge on any atom is -0.313 e. The molecule has 0 saturated carbocycles. The third-order valence-electron chi connectivity index (χ3n) is 5.36. The van der Waals surface area contributed by atoms with Gasteiger partial charge in [0.1, 0.15) is 6.17 Å². The summed E-state index contributed by atoms with van der Waals surface area (Å²) in [5, 5.41) is 5.11. The van der Waals surface area contributed by atoms with Crippen molar-refractivity contribution in [2.75, 3.05) is 16.8 Å². The molecule has 2 aliphatic rings. The number of nitrogens with one attached hydrogen (secondary N) is 1. The Balaban J connectivity index is 1.41. The number of carbonyl (C=O) groups excluding carboxylic acids is 3. The number of hydrogen-bond donors (Lipinski definition) is 1. The zero-order valence-corrected chi connectivity index (χ0v) is 16.8. The molecule has 0 spiro atoms. The van der Waals surface area contributed by atoms with E-state index >= 15 is 0 Å². The topological polar surface area (TPSA) is 82.6 Å². The number of rotatable bonds is 5. The van der Waals surface area contributed by atoms with Gasteiger partial charge in [0.05, 0.1) is 11.3 Å². The largest absolute Gasteiger partial charge is 0.313 e. The molecule has 5 rings (SSSR count). The van der Waals surface area contributed by atoms with Gasteiger partial charge in [-0.3, -0.25) is 19.3 Å². The molecule has 3 amide bonds. The first-order valence-corrected chi connectivity index (χ1v) is 10.5. The lowest BCUT2D eigenvalue weighted by Crippen LogP contribution is -2.48. The summed E-state index contributed by atoms with van der Waals surface area (Å²) in [4.78, 5) is 46.0. The number of carbonyl (C=O) groups is 3. The Morgan fingerprint density at radius 3 is 2.60 bits per heavy atom. The van der Waals surface area contributed by atoms with Crippen LogP contribution in [0.1, 0.15) is 45.3 Å². The number of thiazole rings is 1. The minimum absolute atomic E-state index is 0.109. The summed E-state index contributed by atoms with van der Waals surface area (Å²) in [7, 11) is 0. The van der Waals surface area contributed by atoms with Gasteiger partial charge in [0.25, 0.3) is 11.8 Å². The van der Waals surface area contributed by atoms with Gasteiger partial charge in [-0.25, -0.2) is 4.98 Å². The monoisotopic (exact) mass is 418 g/mol. The zero-order chi connectivity index (χ0) is 20.7. The van der Waals surface area contributed by atoms with E-state index in [-0.39, 0.29) is 24.1 Å². The smallest absolute Gasteiger partial charge is 0.260 e. The summed E-state index contributed by atoms with van der Waals surface area (Å²) in [5.41, 5.74) is 2.56. The Kier molecular flexibility index (Phi) is 4.55. The highest BCUT2D eigenvalue weighted by Gasteiger charge is 2.47. The van der Waals surface area contributed by atoms with Crippen LogP contribution < -0.4 is 10.2 Å². The van der Waals surface area contributed by atoms with Crippen LogP contribution in [-0.2, 0) is 4.79 Å². The van der Waals surface area contributed by atoms with Crippen molar-refractivity contribution in [1.82, 2.24) is 9.88 Å². The normalized spacial score (nSPS) is 16.9. The SMILES string of the molecule is O=C(CCCN1C(=O)c2ccccc2N2C(=O)c3ccccc3[C@@H]12)Nc1nccs1. The summed E-state index contributed by atoms with van der Waals surface area (Å²) < 4.78 is 0. The number of amides is 3. The number of para-hydroxylation sites is 1. The maximum absolute atomic E-state index is 13.3. The predicted molar refractivity (Wildman–Crippen MR) is 113 cm³/mol. The van der Waals surface area contributed by atoms with Gasteiger partial charge in [-0.1, -0.05) is 30.3 Å². The Morgan fingerprint density at radius 1 is 1.03 bits per heavy atom. The summed E-state index contributed by atoms with van der Waals surface area (Å²) in [6.45, 7) is 0.362. The molecule has 0 aliphatic carbocycles. The molecule has 2 aliphatic heterocycles. The van der Waals surface area contributed by atoms with E-state index in [1.807, 2.05) is 30.3 Å². The van der Waals surface area contributed by atoms with Crippen molar-refractivity contribution in [3.63, 3.8) is 0 Å². The number of aromatic nitrogens is 1. The quantitative estimate of drug-likeness (QED) is 0.685. The average molecular weight is 418 g/mol. The summed E-state index contributed by atoms with van der Waals surface area (Å²) >= 11 is 1.36. The van der Waals surface area contributed by atoms with Crippen molar-refractivity contribution < 1.29 is 14.4 Å². The molecule has 1 N–H and O–H groups in total. The van der Waals surface area contributed by atoms with Crippen LogP contribution >= 0.6 is 11.3 Å². The van der Waals surface area contributed by atoms with Crippen molar-refractivity contribution >= 4 is 39.9 Å². The van der Waals surface area contributed by atoms with Crippen LogP contribution in [0.25, 0.3) is 0 Å². The molecule has 0 fully saturated rings. The maximum atomic E-state index is 13.3. The van der Waals surface area contributed by atoms with E-state index in [2.05, 4.69) is 10.3 Å². The van der Waals surface area contributed by atoms with E-state index in [4.69, 9.17) is 0 Å². The third-order valence-corrected chi connectivity index (χ3v) is 6.05. The van der Waals surface area contributed by atoms with Crippen LogP contribution in [0.15, 0.2) is 60.1 Å². The van der Waals surface area contributed by atoms with E-state index in [1.54, 1.807) is 39.6 Å². The molecule has 150 valence electrons. The lowest BCUT2D eigenvalue weighted by atomic mass is 10.0. The van der Waals surface area contributed by atoms with Crippen molar-refractivity contribution in [2.45, 2.75) is 19.0 Å². The lowest BCUT2D eigenvalue weighted by Gasteiger charge is -2.41. The fourth-order valence-electron chi connectivity index (χ4n) is 4.08. The summed E-state index contributed by atoms with van der Waals surface area (Å²) in [5.74, 6) is -0.381. The van der Waals surface area contributed by atoms with E-state index in [0.717, 1.165) is 5.56 Å². The van der Waals surface area contributed by atoms with Gasteiger partial charge < -0.3 is 10.2 Å². The third kappa shape index (κ3) is 2.96. The first kappa shape index (κ1) is 18.5. The first-order chi connectivity index (χ1) is 14.6. The number of fused-ring (bicyclic) bond motifs is 5. The fraction of sp³-hybridized carbons (Fsp3) is 0.182. The molecular weight excluding hydrogens is 400 g/mol. The van der Waals surface area contributed by atoms with Gasteiger partial charge in [-0.05, 0) is 24.6 Å². The van der Waals surface area contributed by atoms with E-state index in [0.29, 0.717) is 34.9 Å². The van der Waals surface area contributed by atoms with Crippen molar-refractivity contribution in [1.29, 1.82) is 0 Å². The van der Waals surface area contributed by atoms with Gasteiger partial charge in [0.2, 0.25) is 5.91 Å². The lowest BCUT2D eigenvalue weighted by molar-refractivity contribution is -0.116. The molecule has 0 radical (unpaired) electrons. The Morgan fingerprint density at radius 2 is 1.80 bits per heavy atom. The second kappa shape index (κ2) is 7.38. The molecule has 7 nitrogen and oxygen atoms in total. The van der Waals surface area contributed by atoms with Gasteiger partial charge in [-0.2, -0.15) is 0 Å². The van der Waals surface area contributed by atoms with Crippen LogP contribution in [-0.4, -0.2) is 34.2 Å². The van der Waals surface area contributed by atoms with Crippen LogP contribution in [0.2, 0.25) is 0 Å². The summed E-state index contributed by atoms with van der Waals surface area (Å²) in [6, 6.07) is 14.6. The second-order valence-corrected chi connectivity index (χ2v) is 8.04. The zero-order valence-electron chi connectivity index (χ0n) is 15.9. The predicted octanol–water partition coefficient (Wildman–Crippen LogP) is 3.68. The number of hydrogen-bond acceptors (Lipinski definition) is 5. The maximum Gasteiger partial charge on any atom is 0.260 e. The summed E-state index contributed by atoms with van der Waals surface area (Å²) in [6.07, 6.45) is 1.88. The first-order valence-electron chi connectivity index (χ1n) is 9.67. The molecule has 30 heavy (non-hydrogen) atoms. The highest BCUT2D eigenvalue weighted by atomic mass is 32.1. The van der Waals surface area contributed by atoms with Crippen LogP contribution in [0.3, 0.4) is 0 Å². The highest BCUT2D eigenvalue weighted by molar-refractivity contribution is 7.13. The number of anilines is 2. The van der Waals surface area contributed by atoms with Crippen molar-refractivity contribution in [2.24, 2.45) is 0 Å². The Labute approximate surface area is 177 Å². The Hall–Kier alpha value is -3.52.